The fraction of sp³-hybridized carbons (Fsp3) is 0.105. The number of carbonyl (C=O) groups excluding carboxylic acids is 2. The molecule has 13 heteroatoms. The summed E-state index contributed by atoms with van der Waals surface area (Å²) in [6.07, 6.45) is 1.05. The molecule has 0 aliphatic rings. The van der Waals surface area contributed by atoms with Crippen LogP contribution in [0.15, 0.2) is 69.9 Å². The van der Waals surface area contributed by atoms with Gasteiger partial charge in [0.05, 0.1) is 16.0 Å². The fourth-order valence-corrected chi connectivity index (χ4v) is 4.76. The first kappa shape index (κ1) is 22.8. The highest BCUT2D eigenvalue weighted by Crippen LogP contribution is 2.29. The van der Waals surface area contributed by atoms with Crippen molar-refractivity contribution in [3.05, 3.63) is 70.9 Å². The van der Waals surface area contributed by atoms with E-state index in [9.17, 15) is 28.1 Å². The summed E-state index contributed by atoms with van der Waals surface area (Å²) in [6.45, 7) is -0.993. The Morgan fingerprint density at radius 2 is 1.75 bits per heavy atom. The lowest BCUT2D eigenvalue weighted by Gasteiger charge is -2.06. The van der Waals surface area contributed by atoms with E-state index in [-0.39, 0.29) is 26.5 Å². The molecule has 0 aliphatic heterocycles. The van der Waals surface area contributed by atoms with Gasteiger partial charge in [-0.25, -0.2) is 18.2 Å². The summed E-state index contributed by atoms with van der Waals surface area (Å²) in [5.41, 5.74) is -0.245. The van der Waals surface area contributed by atoms with Crippen LogP contribution in [0.2, 0.25) is 0 Å². The van der Waals surface area contributed by atoms with Crippen LogP contribution in [0.25, 0.3) is 0 Å². The van der Waals surface area contributed by atoms with Gasteiger partial charge in [0.15, 0.2) is 18.3 Å². The zero-order chi connectivity index (χ0) is 23.1. The molecule has 3 aromatic rings. The molecule has 2 aromatic carbocycles. The molecule has 1 heterocycles. The molecule has 0 bridgehead atoms. The number of anilines is 1. The van der Waals surface area contributed by atoms with E-state index >= 15 is 0 Å². The molecule has 32 heavy (non-hydrogen) atoms. The van der Waals surface area contributed by atoms with Crippen molar-refractivity contribution in [2.24, 2.45) is 0 Å². The van der Waals surface area contributed by atoms with Crippen molar-refractivity contribution in [1.82, 2.24) is 4.98 Å². The zero-order valence-corrected chi connectivity index (χ0v) is 17.8. The van der Waals surface area contributed by atoms with Gasteiger partial charge in [0, 0.05) is 12.1 Å². The number of nitrogens with one attached hydrogen (secondary N) is 1. The molecule has 0 aliphatic carbocycles. The Hall–Kier alpha value is -3.84. The van der Waals surface area contributed by atoms with Crippen LogP contribution in [-0.2, 0) is 24.2 Å². The van der Waals surface area contributed by atoms with Gasteiger partial charge in [-0.05, 0) is 24.3 Å². The number of benzene rings is 2. The topological polar surface area (TPSA) is 155 Å². The first-order valence-electron chi connectivity index (χ1n) is 8.84. The minimum Gasteiger partial charge on any atom is -0.482 e. The molecule has 0 saturated carbocycles. The van der Waals surface area contributed by atoms with Gasteiger partial charge in [-0.3, -0.25) is 20.2 Å². The quantitative estimate of drug-likeness (QED) is 0.278. The predicted octanol–water partition coefficient (Wildman–Crippen LogP) is 2.44. The number of esters is 1. The van der Waals surface area contributed by atoms with E-state index in [1.807, 2.05) is 0 Å². The number of rotatable bonds is 9. The van der Waals surface area contributed by atoms with Crippen LogP contribution in [0.5, 0.6) is 5.75 Å². The van der Waals surface area contributed by atoms with Crippen LogP contribution < -0.4 is 10.1 Å². The summed E-state index contributed by atoms with van der Waals surface area (Å²) < 4.78 is 35.1. The number of hydrogen-bond donors (Lipinski definition) is 1. The maximum Gasteiger partial charge on any atom is 0.344 e. The number of hydrogen-bond acceptors (Lipinski definition) is 10. The summed E-state index contributed by atoms with van der Waals surface area (Å²) in [5.74, 6) is -1.00. The van der Waals surface area contributed by atoms with Crippen LogP contribution >= 0.6 is 11.3 Å². The Kier molecular flexibility index (Phi) is 7.12. The molecule has 11 nitrogen and oxygen atoms in total. The van der Waals surface area contributed by atoms with Gasteiger partial charge in [-0.2, -0.15) is 0 Å². The van der Waals surface area contributed by atoms with Crippen molar-refractivity contribution in [3.63, 3.8) is 0 Å². The molecular formula is C19H15N3O8S2. The van der Waals surface area contributed by atoms with Crippen LogP contribution in [0.3, 0.4) is 0 Å². The SMILES string of the molecule is O=C(COC(=O)COc1ccccc1)Nc1ncc(S(=O)(=O)c2ccc([N+](=O)[O-])cc2)s1. The highest BCUT2D eigenvalue weighted by Gasteiger charge is 2.22. The van der Waals surface area contributed by atoms with E-state index in [0.29, 0.717) is 17.1 Å². The largest absolute Gasteiger partial charge is 0.482 e. The standard InChI is InChI=1S/C19H15N3O8S2/c23-16(11-30-17(24)12-29-14-4-2-1-3-5-14)21-19-20-10-18(31-19)32(27,28)15-8-6-13(7-9-15)22(25)26/h1-10H,11-12H2,(H,20,21,23). The molecule has 0 fully saturated rings. The third-order valence-corrected chi connectivity index (χ3v) is 6.96. The van der Waals surface area contributed by atoms with Gasteiger partial charge in [-0.1, -0.05) is 29.5 Å². The normalized spacial score (nSPS) is 10.9. The van der Waals surface area contributed by atoms with Crippen molar-refractivity contribution >= 4 is 43.9 Å². The average molecular weight is 477 g/mol. The van der Waals surface area contributed by atoms with Crippen molar-refractivity contribution in [2.45, 2.75) is 9.10 Å². The minimum absolute atomic E-state index is 0.0212. The Morgan fingerprint density at radius 3 is 2.41 bits per heavy atom. The Balaban J connectivity index is 1.53. The number of nitrogens with zero attached hydrogens (tertiary/aromatic N) is 2. The second kappa shape index (κ2) is 9.98. The molecule has 1 amide bonds. The minimum atomic E-state index is -3.98. The molecule has 3 rings (SSSR count). The number of amides is 1. The molecule has 0 saturated heterocycles. The molecule has 166 valence electrons. The van der Waals surface area contributed by atoms with Gasteiger partial charge in [0.25, 0.3) is 11.6 Å². The molecular weight excluding hydrogens is 462 g/mol. The van der Waals surface area contributed by atoms with E-state index in [2.05, 4.69) is 10.3 Å². The molecule has 0 spiro atoms. The number of nitro groups is 1. The lowest BCUT2D eigenvalue weighted by Crippen LogP contribution is -2.23. The summed E-state index contributed by atoms with van der Waals surface area (Å²) in [7, 11) is -3.98. The molecule has 0 radical (unpaired) electrons. The first-order valence-corrected chi connectivity index (χ1v) is 11.1. The number of carbonyl (C=O) groups is 2. The Bertz CT molecular complexity index is 1220. The fourth-order valence-electron chi connectivity index (χ4n) is 2.31. The van der Waals surface area contributed by atoms with Crippen molar-refractivity contribution in [1.29, 1.82) is 0 Å². The summed E-state index contributed by atoms with van der Waals surface area (Å²) >= 11 is 0.685. The van der Waals surface area contributed by atoms with E-state index < -0.39 is 33.2 Å². The molecule has 1 N–H and O–H groups in total. The maximum absolute atomic E-state index is 12.6. The second-order valence-corrected chi connectivity index (χ2v) is 9.26. The van der Waals surface area contributed by atoms with E-state index in [4.69, 9.17) is 9.47 Å². The number of aromatic nitrogens is 1. The third kappa shape index (κ3) is 5.86. The summed E-state index contributed by atoms with van der Waals surface area (Å²) in [6, 6.07) is 13.0. The number of nitro benzene ring substituents is 1. The Morgan fingerprint density at radius 1 is 1.06 bits per heavy atom. The van der Waals surface area contributed by atoms with Gasteiger partial charge in [0.1, 0.15) is 9.96 Å². The summed E-state index contributed by atoms with van der Waals surface area (Å²) in [5, 5.41) is 13.0. The van der Waals surface area contributed by atoms with E-state index in [1.165, 1.54) is 0 Å². The second-order valence-electron chi connectivity index (χ2n) is 6.05. The predicted molar refractivity (Wildman–Crippen MR) is 112 cm³/mol. The molecule has 0 unspecified atom stereocenters. The number of thiazole rings is 1. The third-order valence-electron chi connectivity index (χ3n) is 3.82. The monoisotopic (exact) mass is 477 g/mol. The lowest BCUT2D eigenvalue weighted by atomic mass is 10.3. The molecule has 0 atom stereocenters. The number of ether oxygens (including phenoxy) is 2. The first-order chi connectivity index (χ1) is 15.3. The Labute approximate surface area is 185 Å². The maximum atomic E-state index is 12.6. The van der Waals surface area contributed by atoms with Crippen LogP contribution in [0.1, 0.15) is 0 Å². The number of non-ortho nitro benzene ring substituents is 1. The molecule has 1 aromatic heterocycles. The van der Waals surface area contributed by atoms with Crippen LogP contribution in [0.4, 0.5) is 10.8 Å². The van der Waals surface area contributed by atoms with E-state index in [0.717, 1.165) is 30.5 Å². The van der Waals surface area contributed by atoms with Gasteiger partial charge < -0.3 is 9.47 Å². The highest BCUT2D eigenvalue weighted by atomic mass is 32.2. The van der Waals surface area contributed by atoms with Crippen LogP contribution in [0, 0.1) is 10.1 Å². The average Bonchev–Trinajstić information content (AvgIpc) is 3.26. The number of sulfone groups is 1. The van der Waals surface area contributed by atoms with Gasteiger partial charge in [0.2, 0.25) is 9.84 Å². The number of para-hydroxylation sites is 1. The van der Waals surface area contributed by atoms with Crippen molar-refractivity contribution in [3.8, 4) is 5.75 Å². The lowest BCUT2D eigenvalue weighted by molar-refractivity contribution is -0.384. The van der Waals surface area contributed by atoms with Crippen molar-refractivity contribution in [2.75, 3.05) is 18.5 Å². The highest BCUT2D eigenvalue weighted by molar-refractivity contribution is 7.93. The smallest absolute Gasteiger partial charge is 0.344 e. The van der Waals surface area contributed by atoms with Gasteiger partial charge >= 0.3 is 5.97 Å². The van der Waals surface area contributed by atoms with Crippen molar-refractivity contribution < 1.29 is 32.4 Å². The van der Waals surface area contributed by atoms with Gasteiger partial charge in [-0.15, -0.1) is 0 Å². The van der Waals surface area contributed by atoms with E-state index in [1.54, 1.807) is 30.3 Å². The zero-order valence-electron chi connectivity index (χ0n) is 16.2. The van der Waals surface area contributed by atoms with Crippen LogP contribution in [-0.4, -0.2) is 43.4 Å². The summed E-state index contributed by atoms with van der Waals surface area (Å²) in [4.78, 5) is 37.4.